The summed E-state index contributed by atoms with van der Waals surface area (Å²) in [5.74, 6) is 0.613. The van der Waals surface area contributed by atoms with Crippen molar-refractivity contribution in [1.82, 2.24) is 10.1 Å². The van der Waals surface area contributed by atoms with Crippen LogP contribution in [0.4, 0.5) is 5.69 Å². The Morgan fingerprint density at radius 3 is 2.74 bits per heavy atom. The number of aromatic nitrogens is 2. The number of nitrogens with two attached hydrogens (primary N) is 1. The number of hydrogen-bond acceptors (Lipinski definition) is 7. The number of methoxy groups -OCH3 is 1. The summed E-state index contributed by atoms with van der Waals surface area (Å²) >= 11 is 0. The predicted octanol–water partition coefficient (Wildman–Crippen LogP) is 0.872. The molecule has 7 nitrogen and oxygen atoms in total. The molecule has 2 aromatic rings. The highest BCUT2D eigenvalue weighted by molar-refractivity contribution is 7.89. The number of rotatable bonds is 4. The van der Waals surface area contributed by atoms with Gasteiger partial charge in [-0.2, -0.15) is 4.98 Å². The molecule has 0 aliphatic carbocycles. The van der Waals surface area contributed by atoms with Crippen molar-refractivity contribution in [3.05, 3.63) is 24.0 Å². The van der Waals surface area contributed by atoms with E-state index < -0.39 is 9.84 Å². The van der Waals surface area contributed by atoms with Crippen LogP contribution in [0.1, 0.15) is 5.82 Å². The number of sulfone groups is 1. The van der Waals surface area contributed by atoms with E-state index in [9.17, 15) is 8.42 Å². The van der Waals surface area contributed by atoms with Crippen LogP contribution in [0.25, 0.3) is 11.5 Å². The van der Waals surface area contributed by atoms with Gasteiger partial charge in [0, 0.05) is 11.8 Å². The van der Waals surface area contributed by atoms with Gasteiger partial charge in [-0.1, -0.05) is 5.16 Å². The highest BCUT2D eigenvalue weighted by atomic mass is 32.2. The Kier molecular flexibility index (Phi) is 3.43. The second-order valence-electron chi connectivity index (χ2n) is 4.04. The maximum atomic E-state index is 11.1. The summed E-state index contributed by atoms with van der Waals surface area (Å²) in [5, 5.41) is 3.61. The maximum Gasteiger partial charge on any atom is 0.258 e. The Labute approximate surface area is 110 Å². The number of benzene rings is 1. The standard InChI is InChI=1S/C11H13N3O4S/c1-17-9-4-3-7(5-8(9)12)11-13-10(14-18-11)6-19(2,15)16/h3-5H,6,12H2,1-2H3. The third-order valence-corrected chi connectivity index (χ3v) is 3.12. The minimum atomic E-state index is -3.19. The van der Waals surface area contributed by atoms with Crippen molar-refractivity contribution in [1.29, 1.82) is 0 Å². The van der Waals surface area contributed by atoms with Crippen LogP contribution in [0.5, 0.6) is 5.75 Å². The molecule has 0 saturated carbocycles. The zero-order valence-electron chi connectivity index (χ0n) is 10.5. The van der Waals surface area contributed by atoms with Crippen LogP contribution < -0.4 is 10.5 Å². The molecule has 19 heavy (non-hydrogen) atoms. The second kappa shape index (κ2) is 4.88. The molecule has 0 aliphatic heterocycles. The first-order valence-electron chi connectivity index (χ1n) is 5.33. The maximum absolute atomic E-state index is 11.1. The molecular formula is C11H13N3O4S. The van der Waals surface area contributed by atoms with E-state index >= 15 is 0 Å². The minimum Gasteiger partial charge on any atom is -0.495 e. The molecule has 0 fully saturated rings. The van der Waals surface area contributed by atoms with E-state index in [-0.39, 0.29) is 17.5 Å². The summed E-state index contributed by atoms with van der Waals surface area (Å²) in [4.78, 5) is 4.01. The molecule has 0 bridgehead atoms. The lowest BCUT2D eigenvalue weighted by Crippen LogP contribution is -2.02. The van der Waals surface area contributed by atoms with Gasteiger partial charge in [0.25, 0.3) is 5.89 Å². The summed E-state index contributed by atoms with van der Waals surface area (Å²) in [6, 6.07) is 4.99. The van der Waals surface area contributed by atoms with Crippen LogP contribution in [0.15, 0.2) is 22.7 Å². The fraction of sp³-hybridized carbons (Fsp3) is 0.273. The second-order valence-corrected chi connectivity index (χ2v) is 6.18. The van der Waals surface area contributed by atoms with Crippen LogP contribution in [0.3, 0.4) is 0 Å². The minimum absolute atomic E-state index is 0.117. The highest BCUT2D eigenvalue weighted by Crippen LogP contribution is 2.27. The molecule has 2 N–H and O–H groups in total. The Morgan fingerprint density at radius 2 is 2.16 bits per heavy atom. The van der Waals surface area contributed by atoms with Crippen molar-refractivity contribution in [2.45, 2.75) is 5.75 Å². The molecule has 0 saturated heterocycles. The van der Waals surface area contributed by atoms with Crippen LogP contribution in [-0.2, 0) is 15.6 Å². The molecule has 1 heterocycles. The quantitative estimate of drug-likeness (QED) is 0.829. The Bertz CT molecular complexity index is 694. The van der Waals surface area contributed by atoms with E-state index in [4.69, 9.17) is 15.0 Å². The van der Waals surface area contributed by atoms with E-state index in [1.165, 1.54) is 7.11 Å². The molecule has 1 aromatic carbocycles. The van der Waals surface area contributed by atoms with Crippen molar-refractivity contribution in [2.24, 2.45) is 0 Å². The number of nitrogen functional groups attached to an aromatic ring is 1. The lowest BCUT2D eigenvalue weighted by molar-refractivity contribution is 0.416. The van der Waals surface area contributed by atoms with Gasteiger partial charge < -0.3 is 15.0 Å². The van der Waals surface area contributed by atoms with Crippen molar-refractivity contribution >= 4 is 15.5 Å². The third kappa shape index (κ3) is 3.22. The number of nitrogens with zero attached hydrogens (tertiary/aromatic N) is 2. The van der Waals surface area contributed by atoms with E-state index in [2.05, 4.69) is 10.1 Å². The number of ether oxygens (including phenoxy) is 1. The lowest BCUT2D eigenvalue weighted by atomic mass is 10.2. The smallest absolute Gasteiger partial charge is 0.258 e. The Hall–Kier alpha value is -2.09. The fourth-order valence-corrected chi connectivity index (χ4v) is 2.12. The molecule has 0 aliphatic rings. The van der Waals surface area contributed by atoms with Gasteiger partial charge in [0.1, 0.15) is 11.5 Å². The summed E-state index contributed by atoms with van der Waals surface area (Å²) in [6.07, 6.45) is 1.11. The average Bonchev–Trinajstić information content (AvgIpc) is 2.75. The summed E-state index contributed by atoms with van der Waals surface area (Å²) in [5.41, 5.74) is 6.80. The zero-order chi connectivity index (χ0) is 14.0. The van der Waals surface area contributed by atoms with Crippen molar-refractivity contribution in [2.75, 3.05) is 19.1 Å². The summed E-state index contributed by atoms with van der Waals surface area (Å²) in [6.45, 7) is 0. The van der Waals surface area contributed by atoms with Crippen LogP contribution >= 0.6 is 0 Å². The molecule has 0 unspecified atom stereocenters. The first kappa shape index (κ1) is 13.3. The Balaban J connectivity index is 2.30. The molecule has 0 spiro atoms. The highest BCUT2D eigenvalue weighted by Gasteiger charge is 2.14. The van der Waals surface area contributed by atoms with Gasteiger partial charge >= 0.3 is 0 Å². The summed E-state index contributed by atoms with van der Waals surface area (Å²) in [7, 11) is -1.68. The van der Waals surface area contributed by atoms with Gasteiger partial charge in [-0.05, 0) is 18.2 Å². The normalized spacial score (nSPS) is 11.5. The van der Waals surface area contributed by atoms with Gasteiger partial charge in [0.2, 0.25) is 0 Å². The molecule has 102 valence electrons. The third-order valence-electron chi connectivity index (χ3n) is 2.34. The van der Waals surface area contributed by atoms with E-state index in [1.807, 2.05) is 0 Å². The van der Waals surface area contributed by atoms with Gasteiger partial charge in [-0.15, -0.1) is 0 Å². The van der Waals surface area contributed by atoms with Gasteiger partial charge in [-0.25, -0.2) is 8.42 Å². The van der Waals surface area contributed by atoms with Crippen molar-refractivity contribution < 1.29 is 17.7 Å². The zero-order valence-corrected chi connectivity index (χ0v) is 11.3. The molecular weight excluding hydrogens is 270 g/mol. The van der Waals surface area contributed by atoms with Crippen molar-refractivity contribution in [3.8, 4) is 17.2 Å². The molecule has 2 rings (SSSR count). The fourth-order valence-electron chi connectivity index (χ4n) is 1.53. The van der Waals surface area contributed by atoms with E-state index in [0.29, 0.717) is 17.0 Å². The molecule has 8 heteroatoms. The SMILES string of the molecule is COc1ccc(-c2nc(CS(C)(=O)=O)no2)cc1N. The van der Waals surface area contributed by atoms with Gasteiger partial charge in [-0.3, -0.25) is 0 Å². The number of hydrogen-bond donors (Lipinski definition) is 1. The Morgan fingerprint density at radius 1 is 1.42 bits per heavy atom. The monoisotopic (exact) mass is 283 g/mol. The van der Waals surface area contributed by atoms with E-state index in [0.717, 1.165) is 6.26 Å². The van der Waals surface area contributed by atoms with Crippen LogP contribution in [0.2, 0.25) is 0 Å². The number of anilines is 1. The van der Waals surface area contributed by atoms with Gasteiger partial charge in [0.05, 0.1) is 12.8 Å². The van der Waals surface area contributed by atoms with Crippen LogP contribution in [0, 0.1) is 0 Å². The molecule has 1 aromatic heterocycles. The first-order valence-corrected chi connectivity index (χ1v) is 7.39. The lowest BCUT2D eigenvalue weighted by Gasteiger charge is -2.04. The largest absolute Gasteiger partial charge is 0.495 e. The van der Waals surface area contributed by atoms with Gasteiger partial charge in [0.15, 0.2) is 15.7 Å². The molecule has 0 atom stereocenters. The molecule has 0 radical (unpaired) electrons. The summed E-state index contributed by atoms with van der Waals surface area (Å²) < 4.78 is 32.3. The van der Waals surface area contributed by atoms with E-state index in [1.54, 1.807) is 18.2 Å². The molecule has 0 amide bonds. The predicted molar refractivity (Wildman–Crippen MR) is 69.2 cm³/mol. The van der Waals surface area contributed by atoms with Crippen LogP contribution in [-0.4, -0.2) is 31.9 Å². The topological polar surface area (TPSA) is 108 Å². The van der Waals surface area contributed by atoms with Crippen molar-refractivity contribution in [3.63, 3.8) is 0 Å². The average molecular weight is 283 g/mol. The first-order chi connectivity index (χ1) is 8.89.